The zero-order chi connectivity index (χ0) is 50.2. The Kier molecular flexibility index (Phi) is 10.1. The number of fused-ring (bicyclic) bond motifs is 9. The third-order valence-electron chi connectivity index (χ3n) is 15.7. The van der Waals surface area contributed by atoms with Gasteiger partial charge in [-0.3, -0.25) is 0 Å². The smallest absolute Gasteiger partial charge is 0.164 e. The van der Waals surface area contributed by atoms with Crippen LogP contribution < -0.4 is 0 Å². The lowest BCUT2D eigenvalue weighted by atomic mass is 9.67. The van der Waals surface area contributed by atoms with E-state index in [1.807, 2.05) is 6.07 Å². The van der Waals surface area contributed by atoms with Crippen LogP contribution in [0.3, 0.4) is 0 Å². The lowest BCUT2D eigenvalue weighted by molar-refractivity contribution is 0.768. The standard InChI is InChI=1S/C72H46N4/c1-5-22-47(23-6-1)49-40-41-60-59-34-18-20-39-66(59)76(67(60)46-49)55-43-51(63-45-50-26-13-14-31-56(50)57-32-15-16-33-58(57)63)42-52(44-55)70-73-69(48-24-7-2-8-25-48)74-71(75-70)62-36-21-38-65-68(62)61-35-17-19-37-64(61)72(65,53-27-9-3-10-28-53)54-29-11-4-12-30-54/h1-46H. The van der Waals surface area contributed by atoms with Crippen LogP contribution >= 0.6 is 0 Å². The monoisotopic (exact) mass is 966 g/mol. The van der Waals surface area contributed by atoms with E-state index in [-0.39, 0.29) is 0 Å². The Labute approximate surface area is 440 Å². The van der Waals surface area contributed by atoms with Gasteiger partial charge in [-0.25, -0.2) is 15.0 Å². The predicted molar refractivity (Wildman–Crippen MR) is 314 cm³/mol. The van der Waals surface area contributed by atoms with Crippen LogP contribution in [0.5, 0.6) is 0 Å². The van der Waals surface area contributed by atoms with E-state index in [9.17, 15) is 0 Å². The highest BCUT2D eigenvalue weighted by Crippen LogP contribution is 2.58. The summed E-state index contributed by atoms with van der Waals surface area (Å²) in [5, 5.41) is 7.17. The lowest BCUT2D eigenvalue weighted by Gasteiger charge is -2.33. The first-order valence-corrected chi connectivity index (χ1v) is 26.0. The Morgan fingerprint density at radius 1 is 0.276 bits per heavy atom. The van der Waals surface area contributed by atoms with Crippen molar-refractivity contribution in [3.05, 3.63) is 301 Å². The summed E-state index contributed by atoms with van der Waals surface area (Å²) in [5.41, 5.74) is 17.1. The Balaban J connectivity index is 1.03. The second-order valence-corrected chi connectivity index (χ2v) is 19.8. The number of nitrogens with zero attached hydrogens (tertiary/aromatic N) is 4. The highest BCUT2D eigenvalue weighted by Gasteiger charge is 2.47. The molecule has 0 unspecified atom stereocenters. The average Bonchev–Trinajstić information content (AvgIpc) is 4.05. The zero-order valence-corrected chi connectivity index (χ0v) is 41.3. The first-order valence-electron chi connectivity index (χ1n) is 26.0. The molecule has 0 fully saturated rings. The second-order valence-electron chi connectivity index (χ2n) is 19.8. The van der Waals surface area contributed by atoms with Gasteiger partial charge in [-0.2, -0.15) is 0 Å². The maximum absolute atomic E-state index is 5.66. The Bertz CT molecular complexity index is 4520. The molecule has 0 aliphatic heterocycles. The van der Waals surface area contributed by atoms with E-state index >= 15 is 0 Å². The van der Waals surface area contributed by atoms with Crippen LogP contribution in [0.1, 0.15) is 22.3 Å². The fourth-order valence-electron chi connectivity index (χ4n) is 12.4. The van der Waals surface area contributed by atoms with Crippen molar-refractivity contribution in [2.45, 2.75) is 5.41 Å². The Morgan fingerprint density at radius 3 is 1.57 bits per heavy atom. The van der Waals surface area contributed by atoms with Gasteiger partial charge in [-0.15, -0.1) is 0 Å². The summed E-state index contributed by atoms with van der Waals surface area (Å²) >= 11 is 0. The Morgan fingerprint density at radius 2 is 0.816 bits per heavy atom. The van der Waals surface area contributed by atoms with Crippen molar-refractivity contribution >= 4 is 43.4 Å². The summed E-state index contributed by atoms with van der Waals surface area (Å²) in [6.45, 7) is 0. The normalized spacial score (nSPS) is 12.6. The summed E-state index contributed by atoms with van der Waals surface area (Å²) in [7, 11) is 0. The molecule has 4 heteroatoms. The van der Waals surface area contributed by atoms with Crippen LogP contribution in [0.4, 0.5) is 0 Å². The maximum atomic E-state index is 5.66. The van der Waals surface area contributed by atoms with Crippen LogP contribution in [0.2, 0.25) is 0 Å². The van der Waals surface area contributed by atoms with Crippen LogP contribution in [0.15, 0.2) is 279 Å². The number of hydrogen-bond acceptors (Lipinski definition) is 3. The molecule has 0 bridgehead atoms. The van der Waals surface area contributed by atoms with Crippen LogP contribution in [-0.4, -0.2) is 19.5 Å². The van der Waals surface area contributed by atoms with E-state index in [1.165, 1.54) is 60.1 Å². The fraction of sp³-hybridized carbons (Fsp3) is 0.0139. The van der Waals surface area contributed by atoms with Gasteiger partial charge in [0.1, 0.15) is 0 Å². The van der Waals surface area contributed by atoms with Gasteiger partial charge in [0.25, 0.3) is 0 Å². The van der Waals surface area contributed by atoms with Crippen molar-refractivity contribution < 1.29 is 0 Å². The molecule has 76 heavy (non-hydrogen) atoms. The first kappa shape index (κ1) is 43.5. The third-order valence-corrected chi connectivity index (χ3v) is 15.7. The van der Waals surface area contributed by atoms with Crippen LogP contribution in [0, 0.1) is 0 Å². The van der Waals surface area contributed by atoms with Gasteiger partial charge in [-0.05, 0) is 114 Å². The van der Waals surface area contributed by atoms with Crippen molar-refractivity contribution in [3.63, 3.8) is 0 Å². The molecule has 1 aliphatic carbocycles. The minimum absolute atomic E-state index is 0.586. The van der Waals surface area contributed by atoms with Gasteiger partial charge in [0.15, 0.2) is 17.5 Å². The average molecular weight is 967 g/mol. The molecule has 0 atom stereocenters. The molecule has 0 saturated heterocycles. The third kappa shape index (κ3) is 6.81. The highest BCUT2D eigenvalue weighted by molar-refractivity contribution is 6.14. The number of rotatable bonds is 8. The minimum atomic E-state index is -0.586. The largest absolute Gasteiger partial charge is 0.309 e. The summed E-state index contributed by atoms with van der Waals surface area (Å²) < 4.78 is 2.43. The molecule has 14 aromatic rings. The fourth-order valence-corrected chi connectivity index (χ4v) is 12.4. The molecule has 1 aliphatic rings. The SMILES string of the molecule is c1ccc(-c2ccc3c4ccccc4n(-c4cc(-c5nc(-c6ccccc6)nc(-c6cccc7c6-c6ccccc6C7(c6ccccc6)c6ccccc6)n5)cc(-c5cc6ccccc6c6ccccc56)c4)c3c2)cc1. The molecule has 15 rings (SSSR count). The van der Waals surface area contributed by atoms with Crippen molar-refractivity contribution in [1.29, 1.82) is 0 Å². The second kappa shape index (κ2) is 17.6. The van der Waals surface area contributed by atoms with Gasteiger partial charge in [0.05, 0.1) is 16.4 Å². The van der Waals surface area contributed by atoms with Gasteiger partial charge in [0.2, 0.25) is 0 Å². The van der Waals surface area contributed by atoms with E-state index in [0.717, 1.165) is 61.2 Å². The summed E-state index contributed by atoms with van der Waals surface area (Å²) in [6, 6.07) is 101. The molecule has 4 nitrogen and oxygen atoms in total. The van der Waals surface area contributed by atoms with Crippen molar-refractivity contribution in [3.8, 4) is 73.2 Å². The van der Waals surface area contributed by atoms with Crippen LogP contribution in [0.25, 0.3) is 117 Å². The highest BCUT2D eigenvalue weighted by atomic mass is 15.0. The van der Waals surface area contributed by atoms with Crippen molar-refractivity contribution in [2.24, 2.45) is 0 Å². The quantitative estimate of drug-likeness (QED) is 0.143. The van der Waals surface area contributed by atoms with E-state index in [4.69, 9.17) is 15.0 Å². The molecule has 0 saturated carbocycles. The van der Waals surface area contributed by atoms with E-state index in [1.54, 1.807) is 0 Å². The number of benzene rings is 12. The molecule has 0 amide bonds. The summed E-state index contributed by atoms with van der Waals surface area (Å²) in [4.78, 5) is 16.6. The summed E-state index contributed by atoms with van der Waals surface area (Å²) in [5.74, 6) is 1.80. The van der Waals surface area contributed by atoms with Crippen LogP contribution in [-0.2, 0) is 5.41 Å². The zero-order valence-electron chi connectivity index (χ0n) is 41.3. The van der Waals surface area contributed by atoms with E-state index < -0.39 is 5.41 Å². The van der Waals surface area contributed by atoms with E-state index in [2.05, 4.69) is 278 Å². The Hall–Kier alpha value is -10.0. The predicted octanol–water partition coefficient (Wildman–Crippen LogP) is 18.0. The number of para-hydroxylation sites is 1. The first-order chi connectivity index (χ1) is 37.7. The molecule has 0 radical (unpaired) electrons. The molecule has 2 heterocycles. The molecule has 354 valence electrons. The lowest BCUT2D eigenvalue weighted by Crippen LogP contribution is -2.28. The molecular weight excluding hydrogens is 921 g/mol. The number of hydrogen-bond donors (Lipinski definition) is 0. The topological polar surface area (TPSA) is 43.6 Å². The minimum Gasteiger partial charge on any atom is -0.309 e. The van der Waals surface area contributed by atoms with Gasteiger partial charge >= 0.3 is 0 Å². The van der Waals surface area contributed by atoms with E-state index in [0.29, 0.717) is 17.5 Å². The number of aromatic nitrogens is 4. The molecule has 0 N–H and O–H groups in total. The molecular formula is C72H46N4. The van der Waals surface area contributed by atoms with Gasteiger partial charge in [-0.1, -0.05) is 243 Å². The van der Waals surface area contributed by atoms with Gasteiger partial charge < -0.3 is 4.57 Å². The maximum Gasteiger partial charge on any atom is 0.164 e. The molecule has 12 aromatic carbocycles. The van der Waals surface area contributed by atoms with Gasteiger partial charge in [0, 0.05) is 33.2 Å². The van der Waals surface area contributed by atoms with Crippen molar-refractivity contribution in [1.82, 2.24) is 19.5 Å². The van der Waals surface area contributed by atoms with Crippen molar-refractivity contribution in [2.75, 3.05) is 0 Å². The summed E-state index contributed by atoms with van der Waals surface area (Å²) in [6.07, 6.45) is 0. The molecule has 0 spiro atoms. The molecule has 2 aromatic heterocycles.